The van der Waals surface area contributed by atoms with Crippen LogP contribution in [0.2, 0.25) is 5.02 Å². The van der Waals surface area contributed by atoms with Gasteiger partial charge in [-0.15, -0.1) is 0 Å². The lowest BCUT2D eigenvalue weighted by Crippen LogP contribution is -2.12. The van der Waals surface area contributed by atoms with Crippen molar-refractivity contribution in [2.24, 2.45) is 5.92 Å². The summed E-state index contributed by atoms with van der Waals surface area (Å²) in [7, 11) is 1.36. The van der Waals surface area contributed by atoms with E-state index in [4.69, 9.17) is 16.3 Å². The topological polar surface area (TPSA) is 48.3 Å². The zero-order valence-corrected chi connectivity index (χ0v) is 19.9. The number of esters is 1. The second-order valence-electron chi connectivity index (χ2n) is 7.64. The number of fused-ring (bicyclic) bond motifs is 1. The van der Waals surface area contributed by atoms with Crippen LogP contribution in [0.5, 0.6) is 0 Å². The van der Waals surface area contributed by atoms with Gasteiger partial charge in [0.25, 0.3) is 0 Å². The number of hydrogen-bond donors (Lipinski definition) is 0. The minimum absolute atomic E-state index is 0.106. The molecule has 0 aliphatic heterocycles. The minimum atomic E-state index is -0.403. The number of hydrogen-bond acceptors (Lipinski definition) is 3. The monoisotopic (exact) mass is 489 g/mol. The van der Waals surface area contributed by atoms with Crippen molar-refractivity contribution in [3.63, 3.8) is 0 Å². The molecule has 1 aromatic heterocycles. The first-order valence-corrected chi connectivity index (χ1v) is 11.2. The highest BCUT2D eigenvalue weighted by molar-refractivity contribution is 9.10. The fourth-order valence-corrected chi connectivity index (χ4v) is 4.44. The quantitative estimate of drug-likeness (QED) is 0.274. The van der Waals surface area contributed by atoms with Crippen molar-refractivity contribution in [2.75, 3.05) is 7.11 Å². The van der Waals surface area contributed by atoms with Crippen LogP contribution in [0.4, 0.5) is 0 Å². The maximum Gasteiger partial charge on any atom is 0.337 e. The number of benzene rings is 2. The van der Waals surface area contributed by atoms with Gasteiger partial charge in [0.05, 0.1) is 18.2 Å². The lowest BCUT2D eigenvalue weighted by molar-refractivity contribution is 0.0600. The van der Waals surface area contributed by atoms with E-state index in [1.807, 2.05) is 44.2 Å². The van der Waals surface area contributed by atoms with Gasteiger partial charge < -0.3 is 9.30 Å². The van der Waals surface area contributed by atoms with Crippen LogP contribution >= 0.6 is 27.5 Å². The van der Waals surface area contributed by atoms with Gasteiger partial charge in [-0.05, 0) is 36.2 Å². The summed E-state index contributed by atoms with van der Waals surface area (Å²) in [4.78, 5) is 25.3. The summed E-state index contributed by atoms with van der Waals surface area (Å²) in [6, 6.07) is 11.2. The average molecular weight is 491 g/mol. The van der Waals surface area contributed by atoms with E-state index in [0.29, 0.717) is 17.1 Å². The normalized spacial score (nSPS) is 11.3. The third kappa shape index (κ3) is 4.33. The molecule has 1 heterocycles. The molecule has 4 nitrogen and oxygen atoms in total. The van der Waals surface area contributed by atoms with E-state index in [9.17, 15) is 9.59 Å². The van der Waals surface area contributed by atoms with E-state index < -0.39 is 5.97 Å². The molecule has 0 fully saturated rings. The fraction of sp³-hybridized carbons (Fsp3) is 0.333. The maximum atomic E-state index is 13.2. The molecule has 0 radical (unpaired) electrons. The van der Waals surface area contributed by atoms with E-state index in [2.05, 4.69) is 27.4 Å². The first-order valence-electron chi connectivity index (χ1n) is 10.00. The number of ether oxygens (including phenoxy) is 1. The number of rotatable bonds is 7. The second-order valence-corrected chi connectivity index (χ2v) is 8.96. The summed E-state index contributed by atoms with van der Waals surface area (Å²) in [5, 5.41) is 1.51. The first-order chi connectivity index (χ1) is 14.3. The Bertz CT molecular complexity index is 1120. The average Bonchev–Trinajstić information content (AvgIpc) is 3.01. The summed E-state index contributed by atoms with van der Waals surface area (Å²) in [5.74, 6) is -0.425. The molecule has 0 saturated carbocycles. The third-order valence-corrected chi connectivity index (χ3v) is 6.04. The van der Waals surface area contributed by atoms with Gasteiger partial charge in [0, 0.05) is 38.6 Å². The zero-order chi connectivity index (χ0) is 22.0. The smallest absolute Gasteiger partial charge is 0.337 e. The van der Waals surface area contributed by atoms with Crippen molar-refractivity contribution in [3.8, 4) is 0 Å². The summed E-state index contributed by atoms with van der Waals surface area (Å²) in [6.45, 7) is 6.43. The number of halogens is 2. The molecule has 0 atom stereocenters. The van der Waals surface area contributed by atoms with Crippen LogP contribution in [0, 0.1) is 5.92 Å². The van der Waals surface area contributed by atoms with Crippen LogP contribution in [0.25, 0.3) is 10.9 Å². The van der Waals surface area contributed by atoms with Crippen molar-refractivity contribution in [1.82, 2.24) is 4.57 Å². The molecule has 0 amide bonds. The number of carbonyl (C=O) groups is 2. The maximum absolute atomic E-state index is 13.2. The van der Waals surface area contributed by atoms with Crippen LogP contribution in [0.3, 0.4) is 0 Å². The molecule has 0 bridgehead atoms. The Labute approximate surface area is 190 Å². The van der Waals surface area contributed by atoms with Crippen molar-refractivity contribution >= 4 is 50.2 Å². The highest BCUT2D eigenvalue weighted by atomic mass is 79.9. The summed E-state index contributed by atoms with van der Waals surface area (Å²) < 4.78 is 7.93. The van der Waals surface area contributed by atoms with Crippen molar-refractivity contribution in [2.45, 2.75) is 40.2 Å². The zero-order valence-electron chi connectivity index (χ0n) is 17.6. The number of nitrogens with zero attached hydrogens (tertiary/aromatic N) is 1. The van der Waals surface area contributed by atoms with Crippen LogP contribution in [0.15, 0.2) is 40.9 Å². The van der Waals surface area contributed by atoms with Gasteiger partial charge in [0.2, 0.25) is 0 Å². The molecule has 158 valence electrons. The molecule has 0 aliphatic carbocycles. The Balaban J connectivity index is 2.31. The highest BCUT2D eigenvalue weighted by Gasteiger charge is 2.25. The molecule has 2 aromatic carbocycles. The second kappa shape index (κ2) is 9.36. The first kappa shape index (κ1) is 22.6. The Morgan fingerprint density at radius 1 is 1.17 bits per heavy atom. The number of Topliss-reactive ketones (excluding diaryl/α,β-unsaturated/α-hetero) is 1. The Morgan fingerprint density at radius 3 is 2.50 bits per heavy atom. The van der Waals surface area contributed by atoms with Crippen LogP contribution in [0.1, 0.15) is 59.2 Å². The predicted octanol–water partition coefficient (Wildman–Crippen LogP) is 6.68. The van der Waals surface area contributed by atoms with Crippen LogP contribution < -0.4 is 0 Å². The van der Waals surface area contributed by atoms with E-state index in [-0.39, 0.29) is 11.7 Å². The Kier molecular flexibility index (Phi) is 7.04. The number of carbonyl (C=O) groups excluding carboxylic acids is 2. The fourth-order valence-electron chi connectivity index (χ4n) is 3.71. The van der Waals surface area contributed by atoms with Crippen LogP contribution in [-0.2, 0) is 17.7 Å². The van der Waals surface area contributed by atoms with Crippen molar-refractivity contribution in [1.29, 1.82) is 0 Å². The van der Waals surface area contributed by atoms with Gasteiger partial charge in [0.1, 0.15) is 0 Å². The van der Waals surface area contributed by atoms with Crippen molar-refractivity contribution in [3.05, 3.63) is 68.3 Å². The lowest BCUT2D eigenvalue weighted by atomic mass is 9.96. The Morgan fingerprint density at radius 2 is 1.90 bits per heavy atom. The van der Waals surface area contributed by atoms with Gasteiger partial charge >= 0.3 is 5.97 Å². The van der Waals surface area contributed by atoms with Crippen molar-refractivity contribution < 1.29 is 14.3 Å². The molecule has 30 heavy (non-hydrogen) atoms. The molecule has 0 N–H and O–H groups in total. The van der Waals surface area contributed by atoms with Gasteiger partial charge in [-0.1, -0.05) is 66.9 Å². The summed E-state index contributed by atoms with van der Waals surface area (Å²) in [5.41, 5.74) is 3.96. The van der Waals surface area contributed by atoms with Gasteiger partial charge in [-0.25, -0.2) is 4.79 Å². The predicted molar refractivity (Wildman–Crippen MR) is 125 cm³/mol. The molecule has 0 unspecified atom stereocenters. The number of ketones is 1. The molecular weight excluding hydrogens is 466 g/mol. The SMILES string of the molecule is CCCc1c(C(=O)C(C)C)c2ccc(C(=O)OC)cc2n1Cc1ccc(Br)cc1Cl. The van der Waals surface area contributed by atoms with Crippen LogP contribution in [-0.4, -0.2) is 23.4 Å². The minimum Gasteiger partial charge on any atom is -0.465 e. The molecule has 0 spiro atoms. The molecule has 3 rings (SSSR count). The van der Waals surface area contributed by atoms with E-state index in [0.717, 1.165) is 45.0 Å². The van der Waals surface area contributed by atoms with Gasteiger partial charge in [-0.3, -0.25) is 4.79 Å². The van der Waals surface area contributed by atoms with E-state index in [1.54, 1.807) is 6.07 Å². The van der Waals surface area contributed by atoms with Gasteiger partial charge in [0.15, 0.2) is 5.78 Å². The number of aromatic nitrogens is 1. The molecule has 6 heteroatoms. The third-order valence-electron chi connectivity index (χ3n) is 5.19. The highest BCUT2D eigenvalue weighted by Crippen LogP contribution is 2.33. The lowest BCUT2D eigenvalue weighted by Gasteiger charge is -2.14. The van der Waals surface area contributed by atoms with E-state index in [1.165, 1.54) is 7.11 Å². The standard InChI is InChI=1S/C24H25BrClNO3/c1-5-6-20-22(23(28)14(2)3)18-10-8-15(24(29)30-4)11-21(18)27(20)13-16-7-9-17(25)12-19(16)26/h7-12,14H,5-6,13H2,1-4H3. The summed E-state index contributed by atoms with van der Waals surface area (Å²) in [6.07, 6.45) is 1.65. The van der Waals surface area contributed by atoms with Gasteiger partial charge in [-0.2, -0.15) is 0 Å². The Hall–Kier alpha value is -2.11. The molecule has 3 aromatic rings. The largest absolute Gasteiger partial charge is 0.465 e. The molecule has 0 aliphatic rings. The molecule has 0 saturated heterocycles. The number of methoxy groups -OCH3 is 1. The molecular formula is C24H25BrClNO3. The van der Waals surface area contributed by atoms with E-state index >= 15 is 0 Å². The summed E-state index contributed by atoms with van der Waals surface area (Å²) >= 11 is 9.95.